The molecule has 0 spiro atoms. The smallest absolute Gasteiger partial charge is 0.280 e. The molecular formula is C10H17ClN2O4S. The Morgan fingerprint density at radius 3 is 2.67 bits per heavy atom. The van der Waals surface area contributed by atoms with Gasteiger partial charge in [0.15, 0.2) is 5.03 Å². The zero-order chi connectivity index (χ0) is 13.6. The number of imidazole rings is 1. The Balaban J connectivity index is 2.41. The molecule has 0 bridgehead atoms. The van der Waals surface area contributed by atoms with Gasteiger partial charge in [-0.15, -0.1) is 0 Å². The van der Waals surface area contributed by atoms with Gasteiger partial charge in [0.2, 0.25) is 0 Å². The van der Waals surface area contributed by atoms with Crippen LogP contribution in [0.15, 0.2) is 11.2 Å². The SMILES string of the molecule is COCCCOCCn1cc(S(=O)(=O)Cl)nc1C. The van der Waals surface area contributed by atoms with Gasteiger partial charge < -0.3 is 14.0 Å². The fourth-order valence-corrected chi connectivity index (χ4v) is 2.11. The van der Waals surface area contributed by atoms with Crippen LogP contribution in [0.5, 0.6) is 0 Å². The van der Waals surface area contributed by atoms with Gasteiger partial charge in [0.25, 0.3) is 9.05 Å². The number of hydrogen-bond acceptors (Lipinski definition) is 5. The van der Waals surface area contributed by atoms with Gasteiger partial charge >= 0.3 is 0 Å². The molecule has 0 aromatic carbocycles. The number of rotatable bonds is 8. The highest BCUT2D eigenvalue weighted by Crippen LogP contribution is 2.13. The first-order valence-corrected chi connectivity index (χ1v) is 7.81. The van der Waals surface area contributed by atoms with Crippen molar-refractivity contribution in [3.63, 3.8) is 0 Å². The lowest BCUT2D eigenvalue weighted by Crippen LogP contribution is -2.08. The largest absolute Gasteiger partial charge is 0.385 e. The molecule has 1 heterocycles. The minimum Gasteiger partial charge on any atom is -0.385 e. The minimum absolute atomic E-state index is 0.124. The molecule has 104 valence electrons. The standard InChI is InChI=1S/C10H17ClN2O4S/c1-9-12-10(18(11,14)15)8-13(9)4-7-17-6-3-5-16-2/h8H,3-7H2,1-2H3. The fourth-order valence-electron chi connectivity index (χ4n) is 1.39. The molecule has 1 rings (SSSR count). The Labute approximate surface area is 111 Å². The second-order valence-corrected chi connectivity index (χ2v) is 6.23. The van der Waals surface area contributed by atoms with Gasteiger partial charge in [0.05, 0.1) is 6.61 Å². The second kappa shape index (κ2) is 7.08. The van der Waals surface area contributed by atoms with E-state index in [9.17, 15) is 8.42 Å². The molecule has 6 nitrogen and oxygen atoms in total. The van der Waals surface area contributed by atoms with Gasteiger partial charge in [-0.05, 0) is 13.3 Å². The minimum atomic E-state index is -3.76. The number of nitrogens with zero attached hydrogens (tertiary/aromatic N) is 2. The van der Waals surface area contributed by atoms with Crippen molar-refractivity contribution in [2.24, 2.45) is 0 Å². The molecule has 0 aliphatic carbocycles. The topological polar surface area (TPSA) is 70.4 Å². The maximum absolute atomic E-state index is 11.1. The summed E-state index contributed by atoms with van der Waals surface area (Å²) in [6, 6.07) is 0. The molecule has 0 aliphatic heterocycles. The molecule has 0 unspecified atom stereocenters. The Morgan fingerprint density at radius 1 is 1.39 bits per heavy atom. The van der Waals surface area contributed by atoms with E-state index in [-0.39, 0.29) is 5.03 Å². The molecule has 1 aromatic heterocycles. The van der Waals surface area contributed by atoms with Gasteiger partial charge in [-0.25, -0.2) is 13.4 Å². The molecule has 0 amide bonds. The maximum Gasteiger partial charge on any atom is 0.280 e. The average molecular weight is 297 g/mol. The summed E-state index contributed by atoms with van der Waals surface area (Å²) in [4.78, 5) is 3.88. The third-order valence-electron chi connectivity index (χ3n) is 2.32. The number of aromatic nitrogens is 2. The quantitative estimate of drug-likeness (QED) is 0.532. The van der Waals surface area contributed by atoms with Crippen LogP contribution in [0, 0.1) is 6.92 Å². The summed E-state index contributed by atoms with van der Waals surface area (Å²) >= 11 is 0. The lowest BCUT2D eigenvalue weighted by atomic mass is 10.5. The van der Waals surface area contributed by atoms with Crippen molar-refractivity contribution < 1.29 is 17.9 Å². The Bertz CT molecular complexity index is 472. The zero-order valence-electron chi connectivity index (χ0n) is 10.4. The van der Waals surface area contributed by atoms with E-state index in [2.05, 4.69) is 4.98 Å². The van der Waals surface area contributed by atoms with E-state index in [1.807, 2.05) is 0 Å². The Kier molecular flexibility index (Phi) is 6.07. The van der Waals surface area contributed by atoms with Crippen LogP contribution in [0.1, 0.15) is 12.2 Å². The molecule has 0 N–H and O–H groups in total. The van der Waals surface area contributed by atoms with Crippen LogP contribution in [-0.4, -0.2) is 44.9 Å². The van der Waals surface area contributed by atoms with E-state index in [0.29, 0.717) is 32.2 Å². The fraction of sp³-hybridized carbons (Fsp3) is 0.700. The normalized spacial score (nSPS) is 11.9. The van der Waals surface area contributed by atoms with Crippen molar-refractivity contribution >= 4 is 19.7 Å². The van der Waals surface area contributed by atoms with Crippen LogP contribution >= 0.6 is 10.7 Å². The molecule has 18 heavy (non-hydrogen) atoms. The highest BCUT2D eigenvalue weighted by molar-refractivity contribution is 8.13. The molecule has 0 aliphatic rings. The summed E-state index contributed by atoms with van der Waals surface area (Å²) in [5.74, 6) is 0.592. The zero-order valence-corrected chi connectivity index (χ0v) is 12.0. The van der Waals surface area contributed by atoms with Crippen molar-refractivity contribution in [2.45, 2.75) is 24.9 Å². The summed E-state index contributed by atoms with van der Waals surface area (Å²) in [5, 5.41) is -0.124. The number of hydrogen-bond donors (Lipinski definition) is 0. The van der Waals surface area contributed by atoms with Crippen molar-refractivity contribution in [1.29, 1.82) is 0 Å². The van der Waals surface area contributed by atoms with Gasteiger partial charge in [-0.3, -0.25) is 0 Å². The van der Waals surface area contributed by atoms with Crippen LogP contribution in [0.25, 0.3) is 0 Å². The van der Waals surface area contributed by atoms with Gasteiger partial charge in [-0.1, -0.05) is 0 Å². The maximum atomic E-state index is 11.1. The number of halogens is 1. The van der Waals surface area contributed by atoms with Gasteiger partial charge in [0.1, 0.15) is 5.82 Å². The van der Waals surface area contributed by atoms with E-state index in [1.165, 1.54) is 6.20 Å². The van der Waals surface area contributed by atoms with Gasteiger partial charge in [-0.2, -0.15) is 0 Å². The molecule has 8 heteroatoms. The summed E-state index contributed by atoms with van der Waals surface area (Å²) in [7, 11) is 3.09. The first-order chi connectivity index (χ1) is 8.45. The highest BCUT2D eigenvalue weighted by Gasteiger charge is 2.15. The van der Waals surface area contributed by atoms with E-state index in [1.54, 1.807) is 18.6 Å². The third-order valence-corrected chi connectivity index (χ3v) is 3.49. The first-order valence-electron chi connectivity index (χ1n) is 5.50. The number of ether oxygens (including phenoxy) is 2. The summed E-state index contributed by atoms with van der Waals surface area (Å²) in [6.07, 6.45) is 2.25. The Hall–Kier alpha value is -0.630. The summed E-state index contributed by atoms with van der Waals surface area (Å²) < 4.78 is 34.2. The van der Waals surface area contributed by atoms with E-state index < -0.39 is 9.05 Å². The van der Waals surface area contributed by atoms with Crippen molar-refractivity contribution in [2.75, 3.05) is 26.9 Å². The lowest BCUT2D eigenvalue weighted by molar-refractivity contribution is 0.0974. The van der Waals surface area contributed by atoms with Crippen LogP contribution < -0.4 is 0 Å². The van der Waals surface area contributed by atoms with Gasteiger partial charge in [0, 0.05) is 43.7 Å². The summed E-state index contributed by atoms with van der Waals surface area (Å²) in [6.45, 7) is 4.03. The molecule has 0 saturated heterocycles. The molecule has 0 atom stereocenters. The molecule has 1 aromatic rings. The first kappa shape index (κ1) is 15.4. The van der Waals surface area contributed by atoms with Crippen molar-refractivity contribution in [1.82, 2.24) is 9.55 Å². The average Bonchev–Trinajstić information content (AvgIpc) is 2.65. The van der Waals surface area contributed by atoms with E-state index >= 15 is 0 Å². The van der Waals surface area contributed by atoms with Crippen molar-refractivity contribution in [3.8, 4) is 0 Å². The molecule has 0 fully saturated rings. The van der Waals surface area contributed by atoms with E-state index in [4.69, 9.17) is 20.2 Å². The third kappa shape index (κ3) is 4.93. The molecule has 0 saturated carbocycles. The summed E-state index contributed by atoms with van der Waals surface area (Å²) in [5.41, 5.74) is 0. The number of aryl methyl sites for hydroxylation is 1. The Morgan fingerprint density at radius 2 is 2.11 bits per heavy atom. The van der Waals surface area contributed by atoms with Crippen LogP contribution in [0.4, 0.5) is 0 Å². The molecular weight excluding hydrogens is 280 g/mol. The monoisotopic (exact) mass is 296 g/mol. The predicted molar refractivity (Wildman–Crippen MR) is 67.3 cm³/mol. The lowest BCUT2D eigenvalue weighted by Gasteiger charge is -2.05. The number of methoxy groups -OCH3 is 1. The highest BCUT2D eigenvalue weighted by atomic mass is 35.7. The van der Waals surface area contributed by atoms with Crippen molar-refractivity contribution in [3.05, 3.63) is 12.0 Å². The van der Waals surface area contributed by atoms with Crippen LogP contribution in [0.3, 0.4) is 0 Å². The second-order valence-electron chi connectivity index (χ2n) is 3.72. The van der Waals surface area contributed by atoms with E-state index in [0.717, 1.165) is 6.42 Å². The predicted octanol–water partition coefficient (Wildman–Crippen LogP) is 1.17. The van der Waals surface area contributed by atoms with Crippen LogP contribution in [-0.2, 0) is 25.1 Å². The molecule has 0 radical (unpaired) electrons. The van der Waals surface area contributed by atoms with Crippen LogP contribution in [0.2, 0.25) is 0 Å².